The van der Waals surface area contributed by atoms with Gasteiger partial charge < -0.3 is 52.5 Å². The normalized spacial score (nSPS) is 31.5. The second-order valence-corrected chi connectivity index (χ2v) is 9.68. The minimum atomic E-state index is -1.94. The van der Waals surface area contributed by atoms with E-state index in [1.165, 1.54) is 0 Å². The molecule has 2 aliphatic heterocycles. The molecule has 248 valence electrons. The van der Waals surface area contributed by atoms with E-state index in [0.717, 1.165) is 48.5 Å². The van der Waals surface area contributed by atoms with Crippen molar-refractivity contribution in [2.45, 2.75) is 110 Å². The van der Waals surface area contributed by atoms with Crippen molar-refractivity contribution >= 4 is 41.8 Å². The van der Waals surface area contributed by atoms with Crippen LogP contribution in [-0.4, -0.2) is 122 Å². The molecule has 2 unspecified atom stereocenters. The maximum atomic E-state index is 12.2. The van der Waals surface area contributed by atoms with Gasteiger partial charge in [-0.15, -0.1) is 0 Å². The van der Waals surface area contributed by atoms with Crippen molar-refractivity contribution in [2.24, 2.45) is 0 Å². The van der Waals surface area contributed by atoms with Gasteiger partial charge in [0, 0.05) is 48.5 Å². The molecule has 2 heterocycles. The van der Waals surface area contributed by atoms with Gasteiger partial charge in [0.05, 0.1) is 0 Å². The summed E-state index contributed by atoms with van der Waals surface area (Å²) in [5, 5.41) is 10.8. The van der Waals surface area contributed by atoms with Gasteiger partial charge in [0.25, 0.3) is 0 Å². The van der Waals surface area contributed by atoms with Crippen LogP contribution in [0.25, 0.3) is 0 Å². The highest BCUT2D eigenvalue weighted by atomic mass is 16.8. The number of hydrogen-bond acceptors (Lipinski definition) is 18. The second-order valence-electron chi connectivity index (χ2n) is 9.68. The fraction of sp³-hybridized carbons (Fsp3) is 0.731. The summed E-state index contributed by atoms with van der Waals surface area (Å²) >= 11 is 0. The van der Waals surface area contributed by atoms with Crippen LogP contribution in [0.2, 0.25) is 0 Å². The Morgan fingerprint density at radius 1 is 0.477 bits per heavy atom. The lowest BCUT2D eigenvalue weighted by Gasteiger charge is -2.48. The highest BCUT2D eigenvalue weighted by Crippen LogP contribution is 2.35. The molecule has 0 amide bonds. The number of hydrogen-bond donors (Lipinski definition) is 1. The second kappa shape index (κ2) is 16.3. The lowest BCUT2D eigenvalue weighted by Crippen LogP contribution is -2.67. The quantitative estimate of drug-likeness (QED) is 0.203. The number of aliphatic hydroxyl groups excluding tert-OH is 1. The SMILES string of the molecule is CC(=O)OCC1O[C@@H](O[C@@H]2[C@H](OC(C)=O)[C@@H](O)OC(COC(C)=O)[C@@H]2OC(C)=O)[C@H](OC(C)=O)[C@@H](OC(C)=O)[C@@H]1OC(C)=O. The first-order valence-electron chi connectivity index (χ1n) is 13.3. The molecule has 44 heavy (non-hydrogen) atoms. The third-order valence-corrected chi connectivity index (χ3v) is 5.90. The highest BCUT2D eigenvalue weighted by molar-refractivity contribution is 5.69. The Balaban J connectivity index is 2.66. The topological polar surface area (TPSA) is 232 Å². The molecule has 0 saturated carbocycles. The van der Waals surface area contributed by atoms with Gasteiger partial charge in [0.1, 0.15) is 31.5 Å². The number of ether oxygens (including phenoxy) is 10. The van der Waals surface area contributed by atoms with Gasteiger partial charge in [-0.1, -0.05) is 0 Å². The monoisotopic (exact) mass is 636 g/mol. The summed E-state index contributed by atoms with van der Waals surface area (Å²) in [7, 11) is 0. The summed E-state index contributed by atoms with van der Waals surface area (Å²) in [6, 6.07) is 0. The van der Waals surface area contributed by atoms with E-state index >= 15 is 0 Å². The molecule has 0 aromatic heterocycles. The Bertz CT molecular complexity index is 1090. The number of aliphatic hydroxyl groups is 1. The molecule has 2 aliphatic rings. The molecule has 0 bridgehead atoms. The maximum absolute atomic E-state index is 12.2. The Morgan fingerprint density at radius 2 is 0.841 bits per heavy atom. The van der Waals surface area contributed by atoms with Gasteiger partial charge >= 0.3 is 41.8 Å². The Hall–Kier alpha value is -3.87. The van der Waals surface area contributed by atoms with E-state index < -0.39 is 116 Å². The summed E-state index contributed by atoms with van der Waals surface area (Å²) in [6.45, 7) is 6.13. The minimum Gasteiger partial charge on any atom is -0.463 e. The van der Waals surface area contributed by atoms with Crippen LogP contribution in [0.3, 0.4) is 0 Å². The number of carbonyl (C=O) groups is 7. The average molecular weight is 637 g/mol. The van der Waals surface area contributed by atoms with Gasteiger partial charge in [-0.2, -0.15) is 0 Å². The summed E-state index contributed by atoms with van der Waals surface area (Å²) < 4.78 is 54.0. The molecule has 0 aromatic carbocycles. The predicted octanol–water partition coefficient (Wildman–Crippen LogP) is -1.40. The molecule has 0 aromatic rings. The van der Waals surface area contributed by atoms with Gasteiger partial charge in [-0.3, -0.25) is 33.6 Å². The zero-order valence-electron chi connectivity index (χ0n) is 25.1. The standard InChI is InChI=1S/C26H36O18/c1-10(27)35-8-17-19(37-12(3)29)21(23(25(34)42-17)40-15(6)32)44-26-24(41-16(7)33)22(39-14(5)31)20(38-13(4)30)18(43-26)9-36-11(2)28/h17-26,34H,8-9H2,1-7H3/t17?,18?,19-,20+,21-,22-,23-,24+,25-,26-/m0/s1. The molecular weight excluding hydrogens is 600 g/mol. The minimum absolute atomic E-state index is 0.560. The van der Waals surface area contributed by atoms with Crippen molar-refractivity contribution < 1.29 is 86.0 Å². The number of esters is 7. The largest absolute Gasteiger partial charge is 0.463 e. The summed E-state index contributed by atoms with van der Waals surface area (Å²) in [5.41, 5.74) is 0. The van der Waals surface area contributed by atoms with Crippen molar-refractivity contribution in [3.8, 4) is 0 Å². The van der Waals surface area contributed by atoms with Gasteiger partial charge in [-0.25, -0.2) is 0 Å². The van der Waals surface area contributed by atoms with Crippen LogP contribution in [0.4, 0.5) is 0 Å². The highest BCUT2D eigenvalue weighted by Gasteiger charge is 2.57. The van der Waals surface area contributed by atoms with E-state index in [1.54, 1.807) is 0 Å². The van der Waals surface area contributed by atoms with E-state index in [-0.39, 0.29) is 0 Å². The summed E-state index contributed by atoms with van der Waals surface area (Å²) in [6.07, 6.45) is -16.4. The van der Waals surface area contributed by atoms with Crippen LogP contribution in [0.15, 0.2) is 0 Å². The van der Waals surface area contributed by atoms with Crippen molar-refractivity contribution in [2.75, 3.05) is 13.2 Å². The molecule has 18 heteroatoms. The van der Waals surface area contributed by atoms with E-state index in [0.29, 0.717) is 0 Å². The summed E-state index contributed by atoms with van der Waals surface area (Å²) in [5.74, 6) is -6.03. The molecular formula is C26H36O18. The van der Waals surface area contributed by atoms with Crippen LogP contribution >= 0.6 is 0 Å². The van der Waals surface area contributed by atoms with Crippen LogP contribution in [0, 0.1) is 0 Å². The van der Waals surface area contributed by atoms with Crippen LogP contribution in [0.1, 0.15) is 48.5 Å². The van der Waals surface area contributed by atoms with E-state index in [4.69, 9.17) is 47.4 Å². The Labute approximate surface area is 251 Å². The number of rotatable bonds is 11. The molecule has 18 nitrogen and oxygen atoms in total. The molecule has 0 spiro atoms. The lowest BCUT2D eigenvalue weighted by molar-refractivity contribution is -0.357. The Morgan fingerprint density at radius 3 is 1.27 bits per heavy atom. The fourth-order valence-corrected chi connectivity index (χ4v) is 4.49. The third-order valence-electron chi connectivity index (χ3n) is 5.90. The molecule has 2 rings (SSSR count). The lowest BCUT2D eigenvalue weighted by atomic mass is 9.96. The third kappa shape index (κ3) is 10.7. The molecule has 0 aliphatic carbocycles. The zero-order chi connectivity index (χ0) is 33.3. The van der Waals surface area contributed by atoms with E-state index in [1.807, 2.05) is 0 Å². The maximum Gasteiger partial charge on any atom is 0.303 e. The van der Waals surface area contributed by atoms with Crippen LogP contribution in [-0.2, 0) is 80.9 Å². The molecule has 2 saturated heterocycles. The molecule has 0 radical (unpaired) electrons. The van der Waals surface area contributed by atoms with Crippen molar-refractivity contribution in [1.29, 1.82) is 0 Å². The molecule has 10 atom stereocenters. The van der Waals surface area contributed by atoms with E-state index in [2.05, 4.69) is 0 Å². The first-order chi connectivity index (χ1) is 20.5. The van der Waals surface area contributed by atoms with E-state index in [9.17, 15) is 38.7 Å². The van der Waals surface area contributed by atoms with Gasteiger partial charge in [0.2, 0.25) is 0 Å². The summed E-state index contributed by atoms with van der Waals surface area (Å²) in [4.78, 5) is 83.5. The van der Waals surface area contributed by atoms with Crippen molar-refractivity contribution in [1.82, 2.24) is 0 Å². The molecule has 1 N–H and O–H groups in total. The Kier molecular flexibility index (Phi) is 13.4. The average Bonchev–Trinajstić information content (AvgIpc) is 2.87. The van der Waals surface area contributed by atoms with Gasteiger partial charge in [-0.05, 0) is 0 Å². The van der Waals surface area contributed by atoms with Crippen molar-refractivity contribution in [3.63, 3.8) is 0 Å². The first-order valence-corrected chi connectivity index (χ1v) is 13.3. The van der Waals surface area contributed by atoms with Crippen LogP contribution in [0.5, 0.6) is 0 Å². The van der Waals surface area contributed by atoms with Crippen LogP contribution < -0.4 is 0 Å². The smallest absolute Gasteiger partial charge is 0.303 e. The first kappa shape index (κ1) is 36.3. The fourth-order valence-electron chi connectivity index (χ4n) is 4.49. The number of carbonyl (C=O) groups excluding carboxylic acids is 7. The zero-order valence-corrected chi connectivity index (χ0v) is 25.1. The van der Waals surface area contributed by atoms with Gasteiger partial charge in [0.15, 0.2) is 43.1 Å². The predicted molar refractivity (Wildman–Crippen MR) is 135 cm³/mol. The van der Waals surface area contributed by atoms with Crippen molar-refractivity contribution in [3.05, 3.63) is 0 Å². The molecule has 2 fully saturated rings.